The Bertz CT molecular complexity index is 485. The van der Waals surface area contributed by atoms with Crippen LogP contribution in [0.2, 0.25) is 0 Å². The number of hydrogen-bond donors (Lipinski definition) is 2. The minimum Gasteiger partial charge on any atom is -0.465 e. The van der Waals surface area contributed by atoms with Gasteiger partial charge in [0.05, 0.1) is 12.7 Å². The average molecular weight is 264 g/mol. The number of carbonyl (C=O) groups is 3. The third-order valence-corrected chi connectivity index (χ3v) is 2.30. The minimum absolute atomic E-state index is 0.00740. The van der Waals surface area contributed by atoms with Crippen LogP contribution in [0, 0.1) is 0 Å². The normalized spacial score (nSPS) is 9.58. The maximum absolute atomic E-state index is 11.5. The molecule has 2 N–H and O–H groups in total. The number of esters is 1. The first-order chi connectivity index (χ1) is 9.02. The maximum Gasteiger partial charge on any atom is 0.337 e. The number of ether oxygens (including phenoxy) is 1. The van der Waals surface area contributed by atoms with Crippen molar-refractivity contribution < 1.29 is 19.1 Å². The van der Waals surface area contributed by atoms with Crippen LogP contribution in [-0.4, -0.2) is 31.4 Å². The van der Waals surface area contributed by atoms with Crippen LogP contribution in [0.25, 0.3) is 0 Å². The smallest absolute Gasteiger partial charge is 0.337 e. The number of anilines is 1. The van der Waals surface area contributed by atoms with Crippen LogP contribution in [0.1, 0.15) is 23.7 Å². The van der Waals surface area contributed by atoms with Crippen molar-refractivity contribution in [2.75, 3.05) is 19.0 Å². The fraction of sp³-hybridized carbons (Fsp3) is 0.308. The van der Waals surface area contributed by atoms with E-state index in [-0.39, 0.29) is 18.7 Å². The Balaban J connectivity index is 2.54. The van der Waals surface area contributed by atoms with Crippen molar-refractivity contribution in [3.8, 4) is 0 Å². The number of urea groups is 1. The summed E-state index contributed by atoms with van der Waals surface area (Å²) in [5.74, 6) is -0.464. The van der Waals surface area contributed by atoms with Crippen molar-refractivity contribution in [2.24, 2.45) is 0 Å². The summed E-state index contributed by atoms with van der Waals surface area (Å²) in [6, 6.07) is 5.96. The number of rotatable bonds is 5. The zero-order valence-electron chi connectivity index (χ0n) is 10.9. The van der Waals surface area contributed by atoms with E-state index >= 15 is 0 Å². The van der Waals surface area contributed by atoms with Crippen molar-refractivity contribution in [3.05, 3.63) is 29.8 Å². The van der Waals surface area contributed by atoms with Crippen LogP contribution in [0.5, 0.6) is 0 Å². The molecule has 1 rings (SSSR count). The van der Waals surface area contributed by atoms with E-state index < -0.39 is 12.0 Å². The van der Waals surface area contributed by atoms with Crippen LogP contribution in [0.4, 0.5) is 10.5 Å². The van der Waals surface area contributed by atoms with Crippen LogP contribution in [0.3, 0.4) is 0 Å². The summed E-state index contributed by atoms with van der Waals surface area (Å²) in [7, 11) is 1.29. The van der Waals surface area contributed by atoms with E-state index in [2.05, 4.69) is 15.4 Å². The van der Waals surface area contributed by atoms with E-state index in [1.807, 2.05) is 0 Å². The van der Waals surface area contributed by atoms with Crippen molar-refractivity contribution in [1.29, 1.82) is 0 Å². The molecule has 0 aromatic heterocycles. The third-order valence-electron chi connectivity index (χ3n) is 2.30. The largest absolute Gasteiger partial charge is 0.465 e. The summed E-state index contributed by atoms with van der Waals surface area (Å²) in [5.41, 5.74) is 0.826. The van der Waals surface area contributed by atoms with Crippen molar-refractivity contribution >= 4 is 23.5 Å². The molecule has 0 bridgehead atoms. The van der Waals surface area contributed by atoms with Gasteiger partial charge in [0, 0.05) is 18.7 Å². The molecule has 0 saturated carbocycles. The number of hydrogen-bond acceptors (Lipinski definition) is 4. The molecule has 0 aliphatic carbocycles. The molecule has 0 aliphatic rings. The first kappa shape index (κ1) is 14.7. The highest BCUT2D eigenvalue weighted by Crippen LogP contribution is 2.11. The molecule has 0 aliphatic heterocycles. The van der Waals surface area contributed by atoms with Gasteiger partial charge in [-0.15, -0.1) is 0 Å². The van der Waals surface area contributed by atoms with Gasteiger partial charge in [-0.3, -0.25) is 4.79 Å². The predicted molar refractivity (Wildman–Crippen MR) is 70.1 cm³/mol. The van der Waals surface area contributed by atoms with E-state index in [0.717, 1.165) is 0 Å². The molecule has 1 aromatic rings. The highest BCUT2D eigenvalue weighted by atomic mass is 16.5. The molecule has 0 spiro atoms. The topological polar surface area (TPSA) is 84.5 Å². The Kier molecular flexibility index (Phi) is 5.53. The lowest BCUT2D eigenvalue weighted by molar-refractivity contribution is -0.116. The molecule has 0 fully saturated rings. The SMILES string of the molecule is COC(=O)c1cccc(NC(=O)NCCC(C)=O)c1. The van der Waals surface area contributed by atoms with Crippen molar-refractivity contribution in [2.45, 2.75) is 13.3 Å². The molecule has 0 atom stereocenters. The second-order valence-electron chi connectivity index (χ2n) is 3.91. The second kappa shape index (κ2) is 7.15. The Hall–Kier alpha value is -2.37. The molecule has 19 heavy (non-hydrogen) atoms. The zero-order valence-corrected chi connectivity index (χ0v) is 10.9. The number of benzene rings is 1. The molecule has 0 unspecified atom stereocenters. The monoisotopic (exact) mass is 264 g/mol. The van der Waals surface area contributed by atoms with Gasteiger partial charge < -0.3 is 15.4 Å². The molecule has 0 saturated heterocycles. The molecule has 1 aromatic carbocycles. The molecule has 0 radical (unpaired) electrons. The fourth-order valence-corrected chi connectivity index (χ4v) is 1.37. The van der Waals surface area contributed by atoms with Gasteiger partial charge in [-0.05, 0) is 25.1 Å². The van der Waals surface area contributed by atoms with Gasteiger partial charge in [0.15, 0.2) is 0 Å². The number of methoxy groups -OCH3 is 1. The summed E-state index contributed by atoms with van der Waals surface area (Å²) < 4.78 is 4.58. The summed E-state index contributed by atoms with van der Waals surface area (Å²) >= 11 is 0. The summed E-state index contributed by atoms with van der Waals surface area (Å²) in [5, 5.41) is 5.10. The molecular formula is C13H16N2O4. The molecule has 102 valence electrons. The van der Waals surface area contributed by atoms with Gasteiger partial charge in [0.2, 0.25) is 0 Å². The lowest BCUT2D eigenvalue weighted by Crippen LogP contribution is -2.30. The average Bonchev–Trinajstić information content (AvgIpc) is 2.37. The van der Waals surface area contributed by atoms with E-state index in [1.165, 1.54) is 20.1 Å². The number of Topliss-reactive ketones (excluding diaryl/α,β-unsaturated/α-hetero) is 1. The lowest BCUT2D eigenvalue weighted by atomic mass is 10.2. The van der Waals surface area contributed by atoms with E-state index in [1.54, 1.807) is 18.2 Å². The first-order valence-corrected chi connectivity index (χ1v) is 5.75. The Morgan fingerprint density at radius 3 is 2.63 bits per heavy atom. The Morgan fingerprint density at radius 2 is 2.00 bits per heavy atom. The second-order valence-corrected chi connectivity index (χ2v) is 3.91. The maximum atomic E-state index is 11.5. The predicted octanol–water partition coefficient (Wildman–Crippen LogP) is 1.57. The first-order valence-electron chi connectivity index (χ1n) is 5.75. The lowest BCUT2D eigenvalue weighted by Gasteiger charge is -2.07. The highest BCUT2D eigenvalue weighted by molar-refractivity contribution is 5.94. The molecule has 2 amide bonds. The van der Waals surface area contributed by atoms with Gasteiger partial charge in [0.1, 0.15) is 5.78 Å². The zero-order chi connectivity index (χ0) is 14.3. The van der Waals surface area contributed by atoms with Gasteiger partial charge in [-0.25, -0.2) is 9.59 Å². The summed E-state index contributed by atoms with van der Waals surface area (Å²) in [4.78, 5) is 33.5. The van der Waals surface area contributed by atoms with Crippen LogP contribution in [-0.2, 0) is 9.53 Å². The standard InChI is InChI=1S/C13H16N2O4/c1-9(16)6-7-14-13(18)15-11-5-3-4-10(8-11)12(17)19-2/h3-5,8H,6-7H2,1-2H3,(H2,14,15,18). The highest BCUT2D eigenvalue weighted by Gasteiger charge is 2.07. The number of carbonyl (C=O) groups excluding carboxylic acids is 3. The number of amides is 2. The van der Waals surface area contributed by atoms with Gasteiger partial charge in [-0.2, -0.15) is 0 Å². The number of ketones is 1. The van der Waals surface area contributed by atoms with Crippen molar-refractivity contribution in [3.63, 3.8) is 0 Å². The van der Waals surface area contributed by atoms with Crippen LogP contribution in [0.15, 0.2) is 24.3 Å². The van der Waals surface area contributed by atoms with Gasteiger partial charge >= 0.3 is 12.0 Å². The molecule has 6 nitrogen and oxygen atoms in total. The van der Waals surface area contributed by atoms with E-state index in [4.69, 9.17) is 0 Å². The van der Waals surface area contributed by atoms with Crippen LogP contribution < -0.4 is 10.6 Å². The minimum atomic E-state index is -0.472. The van der Waals surface area contributed by atoms with E-state index in [0.29, 0.717) is 11.3 Å². The fourth-order valence-electron chi connectivity index (χ4n) is 1.37. The van der Waals surface area contributed by atoms with Crippen LogP contribution >= 0.6 is 0 Å². The third kappa shape index (κ3) is 5.20. The molecular weight excluding hydrogens is 248 g/mol. The van der Waals surface area contributed by atoms with Crippen molar-refractivity contribution in [1.82, 2.24) is 5.32 Å². The summed E-state index contributed by atoms with van der Waals surface area (Å²) in [6.07, 6.45) is 0.287. The molecule has 0 heterocycles. The van der Waals surface area contributed by atoms with Gasteiger partial charge in [-0.1, -0.05) is 6.07 Å². The molecule has 6 heteroatoms. The Morgan fingerprint density at radius 1 is 1.26 bits per heavy atom. The summed E-state index contributed by atoms with van der Waals surface area (Å²) in [6.45, 7) is 1.73. The quantitative estimate of drug-likeness (QED) is 0.791. The number of nitrogens with one attached hydrogen (secondary N) is 2. The van der Waals surface area contributed by atoms with Gasteiger partial charge in [0.25, 0.3) is 0 Å². The Labute approximate surface area is 111 Å². The van der Waals surface area contributed by atoms with E-state index in [9.17, 15) is 14.4 Å².